The van der Waals surface area contributed by atoms with Crippen molar-refractivity contribution in [3.8, 4) is 0 Å². The van der Waals surface area contributed by atoms with E-state index in [2.05, 4.69) is 44.3 Å². The van der Waals surface area contributed by atoms with Gasteiger partial charge in [-0.15, -0.1) is 0 Å². The molecule has 116 valence electrons. The first kappa shape index (κ1) is 15.3. The fourth-order valence-corrected chi connectivity index (χ4v) is 3.75. The van der Waals surface area contributed by atoms with Crippen LogP contribution in [-0.4, -0.2) is 30.3 Å². The number of aliphatic hydroxyl groups is 1. The van der Waals surface area contributed by atoms with Crippen molar-refractivity contribution in [2.24, 2.45) is 0 Å². The van der Waals surface area contributed by atoms with Crippen molar-refractivity contribution in [2.45, 2.75) is 57.2 Å². The summed E-state index contributed by atoms with van der Waals surface area (Å²) < 4.78 is 1.13. The molecule has 1 aromatic carbocycles. The minimum absolute atomic E-state index is 0.224. The molecular weight excluding hydrogens is 328 g/mol. The van der Waals surface area contributed by atoms with E-state index >= 15 is 0 Å². The average molecular weight is 353 g/mol. The third-order valence-corrected chi connectivity index (χ3v) is 5.11. The van der Waals surface area contributed by atoms with Crippen LogP contribution in [0.5, 0.6) is 0 Å². The zero-order valence-electron chi connectivity index (χ0n) is 12.5. The summed E-state index contributed by atoms with van der Waals surface area (Å²) in [6.07, 6.45) is 7.77. The van der Waals surface area contributed by atoms with E-state index in [0.717, 1.165) is 23.6 Å². The number of nitrogens with zero attached hydrogens (tertiary/aromatic N) is 1. The Hall–Kier alpha value is -0.580. The van der Waals surface area contributed by atoms with Crippen molar-refractivity contribution in [1.82, 2.24) is 5.32 Å². The Bertz CT molecular complexity index is 470. The van der Waals surface area contributed by atoms with Gasteiger partial charge in [0.25, 0.3) is 0 Å². The van der Waals surface area contributed by atoms with Gasteiger partial charge in [0.15, 0.2) is 0 Å². The number of nitrogens with one attached hydrogen (secondary N) is 1. The molecule has 2 aliphatic carbocycles. The third-order valence-electron chi connectivity index (χ3n) is 4.62. The minimum atomic E-state index is 0.224. The van der Waals surface area contributed by atoms with Crippen LogP contribution in [0.3, 0.4) is 0 Å². The second kappa shape index (κ2) is 7.12. The molecule has 0 bridgehead atoms. The zero-order chi connectivity index (χ0) is 14.7. The molecule has 0 atom stereocenters. The highest BCUT2D eigenvalue weighted by molar-refractivity contribution is 9.10. The highest BCUT2D eigenvalue weighted by Crippen LogP contribution is 2.32. The van der Waals surface area contributed by atoms with E-state index in [0.29, 0.717) is 6.04 Å². The maximum Gasteiger partial charge on any atom is 0.0606 e. The van der Waals surface area contributed by atoms with Crippen LogP contribution in [-0.2, 0) is 6.54 Å². The quantitative estimate of drug-likeness (QED) is 0.788. The SMILES string of the molecule is OCCN(c1ccc(Br)cc1CNC1CC1)C1CCCC1. The van der Waals surface area contributed by atoms with Crippen LogP contribution in [0, 0.1) is 0 Å². The number of benzene rings is 1. The van der Waals surface area contributed by atoms with Crippen LogP contribution in [0.1, 0.15) is 44.1 Å². The number of hydrogen-bond acceptors (Lipinski definition) is 3. The fourth-order valence-electron chi connectivity index (χ4n) is 3.34. The summed E-state index contributed by atoms with van der Waals surface area (Å²) in [6.45, 7) is 1.89. The van der Waals surface area contributed by atoms with Gasteiger partial charge in [-0.1, -0.05) is 28.8 Å². The van der Waals surface area contributed by atoms with Crippen LogP contribution in [0.15, 0.2) is 22.7 Å². The molecule has 2 aliphatic rings. The van der Waals surface area contributed by atoms with Gasteiger partial charge in [-0.3, -0.25) is 0 Å². The first-order valence-electron chi connectivity index (χ1n) is 8.17. The molecule has 0 aromatic heterocycles. The molecule has 0 saturated heterocycles. The van der Waals surface area contributed by atoms with E-state index in [-0.39, 0.29) is 6.61 Å². The predicted molar refractivity (Wildman–Crippen MR) is 90.7 cm³/mol. The Kier molecular flexibility index (Phi) is 5.19. The molecule has 0 spiro atoms. The molecule has 2 saturated carbocycles. The zero-order valence-corrected chi connectivity index (χ0v) is 14.1. The molecule has 0 radical (unpaired) electrons. The lowest BCUT2D eigenvalue weighted by Gasteiger charge is -2.32. The number of hydrogen-bond donors (Lipinski definition) is 2. The summed E-state index contributed by atoms with van der Waals surface area (Å²) in [5, 5.41) is 13.1. The molecule has 21 heavy (non-hydrogen) atoms. The van der Waals surface area contributed by atoms with Gasteiger partial charge in [0.05, 0.1) is 6.61 Å². The second-order valence-corrected chi connectivity index (χ2v) is 7.20. The standard InChI is InChI=1S/C17H25BrN2O/c18-14-5-8-17(13(11-14)12-19-15-6-7-15)20(9-10-21)16-3-1-2-4-16/h5,8,11,15-16,19,21H,1-4,6-7,9-10,12H2. The molecule has 3 rings (SSSR count). The predicted octanol–water partition coefficient (Wildman–Crippen LogP) is 3.44. The Morgan fingerprint density at radius 2 is 1.95 bits per heavy atom. The lowest BCUT2D eigenvalue weighted by atomic mass is 10.1. The van der Waals surface area contributed by atoms with Crippen LogP contribution >= 0.6 is 15.9 Å². The monoisotopic (exact) mass is 352 g/mol. The van der Waals surface area contributed by atoms with Crippen molar-refractivity contribution >= 4 is 21.6 Å². The summed E-state index contributed by atoms with van der Waals surface area (Å²) in [7, 11) is 0. The first-order valence-corrected chi connectivity index (χ1v) is 8.96. The molecule has 0 aliphatic heterocycles. The van der Waals surface area contributed by atoms with Crippen LogP contribution < -0.4 is 10.2 Å². The smallest absolute Gasteiger partial charge is 0.0606 e. The topological polar surface area (TPSA) is 35.5 Å². The summed E-state index contributed by atoms with van der Waals surface area (Å²) in [5.41, 5.74) is 2.64. The molecule has 2 fully saturated rings. The van der Waals surface area contributed by atoms with Crippen LogP contribution in [0.4, 0.5) is 5.69 Å². The van der Waals surface area contributed by atoms with Crippen molar-refractivity contribution in [1.29, 1.82) is 0 Å². The van der Waals surface area contributed by atoms with E-state index < -0.39 is 0 Å². The van der Waals surface area contributed by atoms with Gasteiger partial charge in [0, 0.05) is 35.3 Å². The highest BCUT2D eigenvalue weighted by atomic mass is 79.9. The average Bonchev–Trinajstić information content (AvgIpc) is 3.16. The van der Waals surface area contributed by atoms with Crippen molar-refractivity contribution in [3.63, 3.8) is 0 Å². The van der Waals surface area contributed by atoms with Crippen LogP contribution in [0.2, 0.25) is 0 Å². The number of rotatable bonds is 7. The Morgan fingerprint density at radius 1 is 1.19 bits per heavy atom. The molecule has 1 aromatic rings. The van der Waals surface area contributed by atoms with Crippen molar-refractivity contribution in [2.75, 3.05) is 18.1 Å². The molecule has 4 heteroatoms. The van der Waals surface area contributed by atoms with Gasteiger partial charge in [-0.2, -0.15) is 0 Å². The number of anilines is 1. The molecule has 2 N–H and O–H groups in total. The normalized spacial score (nSPS) is 19.1. The number of aliphatic hydroxyl groups excluding tert-OH is 1. The molecule has 0 amide bonds. The summed E-state index contributed by atoms with van der Waals surface area (Å²) >= 11 is 3.59. The van der Waals surface area contributed by atoms with Gasteiger partial charge >= 0.3 is 0 Å². The molecule has 0 heterocycles. The van der Waals surface area contributed by atoms with Gasteiger partial charge in [-0.05, 0) is 49.4 Å². The summed E-state index contributed by atoms with van der Waals surface area (Å²) in [4.78, 5) is 2.43. The summed E-state index contributed by atoms with van der Waals surface area (Å²) in [6, 6.07) is 7.87. The minimum Gasteiger partial charge on any atom is -0.395 e. The van der Waals surface area contributed by atoms with Crippen molar-refractivity contribution < 1.29 is 5.11 Å². The van der Waals surface area contributed by atoms with E-state index in [9.17, 15) is 5.11 Å². The highest BCUT2D eigenvalue weighted by Gasteiger charge is 2.25. The Balaban J connectivity index is 1.81. The maximum absolute atomic E-state index is 9.47. The Labute approximate surface area is 135 Å². The second-order valence-electron chi connectivity index (χ2n) is 6.28. The van der Waals surface area contributed by atoms with E-state index in [1.807, 2.05) is 0 Å². The van der Waals surface area contributed by atoms with E-state index in [4.69, 9.17) is 0 Å². The van der Waals surface area contributed by atoms with Crippen molar-refractivity contribution in [3.05, 3.63) is 28.2 Å². The summed E-state index contributed by atoms with van der Waals surface area (Å²) in [5.74, 6) is 0. The maximum atomic E-state index is 9.47. The lowest BCUT2D eigenvalue weighted by Crippen LogP contribution is -2.36. The number of halogens is 1. The largest absolute Gasteiger partial charge is 0.395 e. The molecule has 0 unspecified atom stereocenters. The lowest BCUT2D eigenvalue weighted by molar-refractivity contribution is 0.297. The van der Waals surface area contributed by atoms with Gasteiger partial charge in [0.1, 0.15) is 0 Å². The fraction of sp³-hybridized carbons (Fsp3) is 0.647. The first-order chi connectivity index (χ1) is 10.3. The third kappa shape index (κ3) is 3.99. The molecular formula is C17H25BrN2O. The van der Waals surface area contributed by atoms with Gasteiger partial charge < -0.3 is 15.3 Å². The van der Waals surface area contributed by atoms with E-state index in [1.54, 1.807) is 0 Å². The van der Waals surface area contributed by atoms with E-state index in [1.165, 1.54) is 49.8 Å². The van der Waals surface area contributed by atoms with Crippen LogP contribution in [0.25, 0.3) is 0 Å². The molecule has 3 nitrogen and oxygen atoms in total. The Morgan fingerprint density at radius 3 is 2.62 bits per heavy atom. The van der Waals surface area contributed by atoms with Gasteiger partial charge in [-0.25, -0.2) is 0 Å². The van der Waals surface area contributed by atoms with Gasteiger partial charge in [0.2, 0.25) is 0 Å².